The molecule has 3 heterocycles. The third-order valence-corrected chi connectivity index (χ3v) is 5.25. The molecule has 0 saturated carbocycles. The number of nitrogens with one attached hydrogen (secondary N) is 1. The van der Waals surface area contributed by atoms with Crippen molar-refractivity contribution in [2.24, 2.45) is 0 Å². The van der Waals surface area contributed by atoms with Crippen molar-refractivity contribution in [2.45, 2.75) is 45.8 Å². The minimum atomic E-state index is -0.518. The molecule has 1 aromatic carbocycles. The van der Waals surface area contributed by atoms with Crippen LogP contribution in [0.2, 0.25) is 0 Å². The molecule has 4 rings (SSSR count). The first kappa shape index (κ1) is 20.0. The summed E-state index contributed by atoms with van der Waals surface area (Å²) in [6.07, 6.45) is 3.97. The van der Waals surface area contributed by atoms with Crippen LogP contribution in [0.5, 0.6) is 11.5 Å². The quantitative estimate of drug-likeness (QED) is 0.593. The lowest BCUT2D eigenvalue weighted by Crippen LogP contribution is -2.42. The summed E-state index contributed by atoms with van der Waals surface area (Å²) in [6, 6.07) is 9.79. The maximum atomic E-state index is 12.6. The van der Waals surface area contributed by atoms with Gasteiger partial charge in [-0.2, -0.15) is 0 Å². The number of carbonyl (C=O) groups excluding carboxylic acids is 1. The Balaban J connectivity index is 1.61. The van der Waals surface area contributed by atoms with Crippen molar-refractivity contribution in [3.8, 4) is 11.5 Å². The fourth-order valence-corrected chi connectivity index (χ4v) is 3.77. The fraction of sp³-hybridized carbons (Fsp3) is 0.333. The zero-order valence-electron chi connectivity index (χ0n) is 17.9. The van der Waals surface area contributed by atoms with Gasteiger partial charge in [0.2, 0.25) is 0 Å². The molecule has 3 aromatic rings. The zero-order chi connectivity index (χ0) is 21.5. The molecule has 30 heavy (non-hydrogen) atoms. The molecule has 1 aliphatic rings. The van der Waals surface area contributed by atoms with Crippen LogP contribution in [0.4, 0.5) is 4.79 Å². The zero-order valence-corrected chi connectivity index (χ0v) is 17.9. The van der Waals surface area contributed by atoms with E-state index in [0.29, 0.717) is 6.54 Å². The van der Waals surface area contributed by atoms with Crippen molar-refractivity contribution in [3.63, 3.8) is 0 Å². The number of nitrogens with zero attached hydrogens (tertiary/aromatic N) is 2. The Bertz CT molecular complexity index is 1110. The van der Waals surface area contributed by atoms with E-state index in [0.717, 1.165) is 40.2 Å². The molecule has 1 N–H and O–H groups in total. The first-order valence-corrected chi connectivity index (χ1v) is 10.2. The van der Waals surface area contributed by atoms with Crippen molar-refractivity contribution < 1.29 is 14.3 Å². The number of H-pyrrole nitrogens is 1. The Morgan fingerprint density at radius 2 is 2.10 bits per heavy atom. The van der Waals surface area contributed by atoms with Crippen LogP contribution in [0, 0.1) is 0 Å². The van der Waals surface area contributed by atoms with E-state index in [1.807, 2.05) is 52.0 Å². The number of aromatic nitrogens is 2. The number of ether oxygens (including phenoxy) is 2. The van der Waals surface area contributed by atoms with Gasteiger partial charge in [0.1, 0.15) is 22.7 Å². The molecule has 1 atom stereocenters. The van der Waals surface area contributed by atoms with Crippen LogP contribution in [0.3, 0.4) is 0 Å². The molecular formula is C24H27N3O3. The van der Waals surface area contributed by atoms with E-state index in [4.69, 9.17) is 9.47 Å². The minimum Gasteiger partial charge on any atom is -0.457 e. The smallest absolute Gasteiger partial charge is 0.410 e. The molecule has 1 amide bonds. The normalized spacial score (nSPS) is 16.3. The van der Waals surface area contributed by atoms with Gasteiger partial charge >= 0.3 is 6.09 Å². The molecule has 2 aromatic heterocycles. The van der Waals surface area contributed by atoms with Gasteiger partial charge in [0.15, 0.2) is 0 Å². The van der Waals surface area contributed by atoms with Crippen LogP contribution in [-0.4, -0.2) is 33.1 Å². The average molecular weight is 405 g/mol. The van der Waals surface area contributed by atoms with Crippen LogP contribution in [0.15, 0.2) is 43.1 Å². The van der Waals surface area contributed by atoms with Crippen LogP contribution in [0.25, 0.3) is 17.1 Å². The Kier molecular flexibility index (Phi) is 5.02. The van der Waals surface area contributed by atoms with E-state index in [1.54, 1.807) is 17.2 Å². The topological polar surface area (TPSA) is 67.4 Å². The lowest BCUT2D eigenvalue weighted by molar-refractivity contribution is 0.0159. The summed E-state index contributed by atoms with van der Waals surface area (Å²) in [7, 11) is 0. The average Bonchev–Trinajstić information content (AvgIpc) is 3.12. The van der Waals surface area contributed by atoms with Gasteiger partial charge in [-0.15, -0.1) is 0 Å². The first-order chi connectivity index (χ1) is 14.2. The van der Waals surface area contributed by atoms with E-state index in [2.05, 4.69) is 22.6 Å². The van der Waals surface area contributed by atoms with Gasteiger partial charge in [-0.05, 0) is 75.6 Å². The molecule has 6 heteroatoms. The highest BCUT2D eigenvalue weighted by Crippen LogP contribution is 2.36. The Hall–Kier alpha value is -3.28. The predicted molar refractivity (Wildman–Crippen MR) is 118 cm³/mol. The van der Waals surface area contributed by atoms with E-state index >= 15 is 0 Å². The number of hydrogen-bond donors (Lipinski definition) is 1. The van der Waals surface area contributed by atoms with Crippen molar-refractivity contribution >= 4 is 23.2 Å². The highest BCUT2D eigenvalue weighted by molar-refractivity contribution is 5.85. The number of benzene rings is 1. The highest BCUT2D eigenvalue weighted by atomic mass is 16.6. The van der Waals surface area contributed by atoms with Gasteiger partial charge in [0.05, 0.1) is 11.4 Å². The number of carbonyl (C=O) groups is 1. The number of rotatable bonds is 3. The predicted octanol–water partition coefficient (Wildman–Crippen LogP) is 5.85. The maximum Gasteiger partial charge on any atom is 0.410 e. The second kappa shape index (κ2) is 7.52. The first-order valence-electron chi connectivity index (χ1n) is 10.2. The molecule has 6 nitrogen and oxygen atoms in total. The largest absolute Gasteiger partial charge is 0.457 e. The number of hydrogen-bond acceptors (Lipinski definition) is 4. The van der Waals surface area contributed by atoms with Crippen molar-refractivity contribution in [3.05, 3.63) is 59.9 Å². The Morgan fingerprint density at radius 1 is 1.30 bits per heavy atom. The number of aromatic amines is 1. The van der Waals surface area contributed by atoms with E-state index in [-0.39, 0.29) is 12.1 Å². The standard InChI is InChI=1S/C24H27N3O3/c1-6-17-13-20-21(9-11-25-22(20)26-17)29-18-8-7-16-10-12-27(15(2)19(16)14-18)23(28)30-24(3,4)5/h6-9,11,13-15H,1,10,12H2,2-5H3,(H,25,26)/t15-/m0/s1. The van der Waals surface area contributed by atoms with Gasteiger partial charge in [0, 0.05) is 18.4 Å². The molecule has 0 unspecified atom stereocenters. The monoisotopic (exact) mass is 405 g/mol. The molecule has 0 aliphatic carbocycles. The molecule has 0 spiro atoms. The molecule has 0 bridgehead atoms. The lowest BCUT2D eigenvalue weighted by Gasteiger charge is -2.36. The second-order valence-electron chi connectivity index (χ2n) is 8.56. The SMILES string of the molecule is C=Cc1cc2c(Oc3ccc4c(c3)[C@H](C)N(C(=O)OC(C)(C)C)CC4)ccnc2[nH]1. The molecule has 156 valence electrons. The molecule has 0 saturated heterocycles. The molecule has 0 fully saturated rings. The third-order valence-electron chi connectivity index (χ3n) is 5.25. The summed E-state index contributed by atoms with van der Waals surface area (Å²) < 4.78 is 11.8. The van der Waals surface area contributed by atoms with Crippen LogP contribution >= 0.6 is 0 Å². The van der Waals surface area contributed by atoms with Gasteiger partial charge in [0.25, 0.3) is 0 Å². The summed E-state index contributed by atoms with van der Waals surface area (Å²) >= 11 is 0. The van der Waals surface area contributed by atoms with E-state index < -0.39 is 5.60 Å². The Labute approximate surface area is 176 Å². The summed E-state index contributed by atoms with van der Waals surface area (Å²) in [5.41, 5.74) is 3.43. The lowest BCUT2D eigenvalue weighted by atomic mass is 9.93. The van der Waals surface area contributed by atoms with Crippen molar-refractivity contribution in [2.75, 3.05) is 6.54 Å². The van der Waals surface area contributed by atoms with Gasteiger partial charge in [-0.25, -0.2) is 9.78 Å². The number of amides is 1. The van der Waals surface area contributed by atoms with Crippen molar-refractivity contribution in [1.29, 1.82) is 0 Å². The summed E-state index contributed by atoms with van der Waals surface area (Å²) in [4.78, 5) is 22.0. The Morgan fingerprint density at radius 3 is 2.83 bits per heavy atom. The number of pyridine rings is 1. The summed E-state index contributed by atoms with van der Waals surface area (Å²) in [5, 5.41) is 0.897. The third kappa shape index (κ3) is 3.90. The molecule has 0 radical (unpaired) electrons. The van der Waals surface area contributed by atoms with Crippen molar-refractivity contribution in [1.82, 2.24) is 14.9 Å². The van der Waals surface area contributed by atoms with Crippen LogP contribution in [0.1, 0.15) is 50.6 Å². The fourth-order valence-electron chi connectivity index (χ4n) is 3.77. The minimum absolute atomic E-state index is 0.0933. The van der Waals surface area contributed by atoms with Crippen LogP contribution in [-0.2, 0) is 11.2 Å². The molecule has 1 aliphatic heterocycles. The summed E-state index contributed by atoms with van der Waals surface area (Å²) in [5.74, 6) is 1.44. The van der Waals surface area contributed by atoms with Gasteiger partial charge in [-0.1, -0.05) is 12.6 Å². The second-order valence-corrected chi connectivity index (χ2v) is 8.56. The molecular weight excluding hydrogens is 378 g/mol. The van der Waals surface area contributed by atoms with Gasteiger partial charge in [-0.3, -0.25) is 0 Å². The van der Waals surface area contributed by atoms with E-state index in [9.17, 15) is 4.79 Å². The van der Waals surface area contributed by atoms with E-state index in [1.165, 1.54) is 5.56 Å². The highest BCUT2D eigenvalue weighted by Gasteiger charge is 2.31. The maximum absolute atomic E-state index is 12.6. The van der Waals surface area contributed by atoms with Gasteiger partial charge < -0.3 is 19.4 Å². The van der Waals surface area contributed by atoms with Crippen LogP contribution < -0.4 is 4.74 Å². The summed E-state index contributed by atoms with van der Waals surface area (Å²) in [6.45, 7) is 12.1. The number of fused-ring (bicyclic) bond motifs is 2.